The molecule has 2 heterocycles. The summed E-state index contributed by atoms with van der Waals surface area (Å²) >= 11 is 0. The molecule has 0 saturated heterocycles. The summed E-state index contributed by atoms with van der Waals surface area (Å²) in [4.78, 5) is 61.0. The number of halogens is 6. The number of carbonyl (C=O) groups excluding carboxylic acids is 4. The second-order valence-corrected chi connectivity index (χ2v) is 24.2. The zero-order chi connectivity index (χ0) is 63.2. The van der Waals surface area contributed by atoms with Crippen molar-refractivity contribution in [2.45, 2.75) is 82.5 Å². The van der Waals surface area contributed by atoms with Crippen LogP contribution in [0.1, 0.15) is 141 Å². The van der Waals surface area contributed by atoms with E-state index in [0.29, 0.717) is 29.8 Å². The molecule has 14 heteroatoms. The number of fused-ring (bicyclic) bond motifs is 2. The standard InChI is InChI=1S/C74H64F6N4O4/c1-44-16-14-15-19-62(44)71(51-17-12-11-13-18-51,52-30-38-63(81-8)45(2)40-52)53-31-39-64(46(3)41-53)84-66(86)59-37-29-55(43-61(59)68(84)88)72(73(75,76)77,74(78,79)80)54-28-36-58-60(42-54)67(87)83(65(58)85)57-34-26-50(27-35-57)70(6,7)48-22-20-47(21-23-48)69(4,5)49-24-32-56(33-25-49)82(9)10/h11-43,81H,1-10H3/t71-/m0/s1. The van der Waals surface area contributed by atoms with Crippen molar-refractivity contribution in [3.8, 4) is 0 Å². The molecule has 0 unspecified atom stereocenters. The first-order valence-corrected chi connectivity index (χ1v) is 28.8. The molecule has 2 aliphatic rings. The Morgan fingerprint density at radius 2 is 0.795 bits per heavy atom. The molecule has 2 aliphatic heterocycles. The van der Waals surface area contributed by atoms with Crippen molar-refractivity contribution in [2.24, 2.45) is 0 Å². The van der Waals surface area contributed by atoms with Crippen LogP contribution in [0, 0.1) is 20.8 Å². The molecule has 88 heavy (non-hydrogen) atoms. The van der Waals surface area contributed by atoms with E-state index in [1.54, 1.807) is 31.2 Å². The Balaban J connectivity index is 0.908. The van der Waals surface area contributed by atoms with Crippen LogP contribution in [0.2, 0.25) is 0 Å². The molecule has 1 N–H and O–H groups in total. The zero-order valence-corrected chi connectivity index (χ0v) is 50.3. The number of imide groups is 2. The van der Waals surface area contributed by atoms with Crippen LogP contribution in [0.25, 0.3) is 0 Å². The van der Waals surface area contributed by atoms with Gasteiger partial charge in [0.15, 0.2) is 0 Å². The van der Waals surface area contributed by atoms with Gasteiger partial charge in [-0.3, -0.25) is 19.2 Å². The highest BCUT2D eigenvalue weighted by atomic mass is 19.4. The third kappa shape index (κ3) is 9.37. The summed E-state index contributed by atoms with van der Waals surface area (Å²) in [6.45, 7) is 14.0. The number of amides is 4. The molecule has 11 rings (SSSR count). The van der Waals surface area contributed by atoms with Crippen molar-refractivity contribution in [2.75, 3.05) is 41.2 Å². The highest BCUT2D eigenvalue weighted by Gasteiger charge is 2.73. The number of benzene rings is 9. The summed E-state index contributed by atoms with van der Waals surface area (Å²) in [6, 6.07) is 55.8. The van der Waals surface area contributed by atoms with E-state index in [0.717, 1.165) is 88.9 Å². The van der Waals surface area contributed by atoms with Crippen LogP contribution < -0.4 is 20.0 Å². The van der Waals surface area contributed by atoms with Gasteiger partial charge in [-0.2, -0.15) is 26.3 Å². The zero-order valence-electron chi connectivity index (χ0n) is 50.3. The lowest BCUT2D eigenvalue weighted by Gasteiger charge is -2.38. The first-order chi connectivity index (χ1) is 41.6. The first-order valence-electron chi connectivity index (χ1n) is 28.8. The van der Waals surface area contributed by atoms with Crippen LogP contribution in [0.15, 0.2) is 200 Å². The predicted molar refractivity (Wildman–Crippen MR) is 334 cm³/mol. The number of aryl methyl sites for hydroxylation is 3. The van der Waals surface area contributed by atoms with Crippen LogP contribution in [-0.2, 0) is 21.7 Å². The molecular weight excluding hydrogens is 1120 g/mol. The molecule has 8 nitrogen and oxygen atoms in total. The average Bonchev–Trinajstić information content (AvgIpc) is 0.948. The van der Waals surface area contributed by atoms with Crippen molar-refractivity contribution in [1.82, 2.24) is 0 Å². The molecule has 0 bridgehead atoms. The monoisotopic (exact) mass is 1190 g/mol. The lowest BCUT2D eigenvalue weighted by molar-refractivity contribution is -0.288. The SMILES string of the molecule is CNc1ccc([C@@](c2ccccc2)(c2ccc(N3C(=O)c4ccc(C(c5ccc6c(c5)C(=O)N(c5ccc(C(C)(C)c7ccc(C(C)(C)c8ccc(N(C)C)cc8)cc7)cc5)C6=O)(C(F)(F)F)C(F)(F)F)cc4C3=O)c(C)c2)c2ccccc2C)cc1C. The van der Waals surface area contributed by atoms with E-state index in [2.05, 4.69) is 61.6 Å². The lowest BCUT2D eigenvalue weighted by atomic mass is 9.63. The molecule has 9 aromatic carbocycles. The largest absolute Gasteiger partial charge is 0.411 e. The molecule has 1 atom stereocenters. The molecule has 0 radical (unpaired) electrons. The highest BCUT2D eigenvalue weighted by Crippen LogP contribution is 2.58. The van der Waals surface area contributed by atoms with Gasteiger partial charge >= 0.3 is 12.4 Å². The third-order valence-corrected chi connectivity index (χ3v) is 18.3. The van der Waals surface area contributed by atoms with Gasteiger partial charge in [0.05, 0.1) is 39.0 Å². The molecular formula is C74H64F6N4O4. The van der Waals surface area contributed by atoms with Gasteiger partial charge in [0, 0.05) is 43.3 Å². The summed E-state index contributed by atoms with van der Waals surface area (Å²) in [6.07, 6.45) is -12.3. The Morgan fingerprint density at radius 1 is 0.386 bits per heavy atom. The molecule has 0 spiro atoms. The minimum atomic E-state index is -6.16. The molecule has 4 amide bonds. The number of nitrogens with zero attached hydrogens (tertiary/aromatic N) is 3. The molecule has 0 aliphatic carbocycles. The van der Waals surface area contributed by atoms with Gasteiger partial charge in [-0.15, -0.1) is 0 Å². The van der Waals surface area contributed by atoms with Gasteiger partial charge in [-0.1, -0.05) is 167 Å². The van der Waals surface area contributed by atoms with Crippen molar-refractivity contribution in [3.05, 3.63) is 295 Å². The fourth-order valence-electron chi connectivity index (χ4n) is 13.2. The Morgan fingerprint density at radius 3 is 1.26 bits per heavy atom. The van der Waals surface area contributed by atoms with Crippen molar-refractivity contribution in [1.29, 1.82) is 0 Å². The predicted octanol–water partition coefficient (Wildman–Crippen LogP) is 16.8. The number of anilines is 4. The van der Waals surface area contributed by atoms with Gasteiger partial charge in [0.1, 0.15) is 0 Å². The number of carbonyl (C=O) groups is 4. The van der Waals surface area contributed by atoms with Crippen molar-refractivity contribution < 1.29 is 45.5 Å². The second-order valence-electron chi connectivity index (χ2n) is 24.2. The highest BCUT2D eigenvalue weighted by molar-refractivity contribution is 6.35. The van der Waals surface area contributed by atoms with E-state index in [4.69, 9.17) is 0 Å². The Kier molecular flexibility index (Phi) is 14.8. The minimum Gasteiger partial charge on any atom is -0.388 e. The lowest BCUT2D eigenvalue weighted by Crippen LogP contribution is -2.55. The number of nitrogens with one attached hydrogen (secondary N) is 1. The summed E-state index contributed by atoms with van der Waals surface area (Å²) in [5, 5.41) is 3.23. The third-order valence-electron chi connectivity index (χ3n) is 18.3. The number of alkyl halides is 6. The minimum absolute atomic E-state index is 0.0511. The second kappa shape index (κ2) is 21.7. The number of hydrogen-bond donors (Lipinski definition) is 1. The van der Waals surface area contributed by atoms with Gasteiger partial charge in [0.25, 0.3) is 23.6 Å². The maximum atomic E-state index is 16.0. The summed E-state index contributed by atoms with van der Waals surface area (Å²) in [5.41, 5.74) is 0.228. The van der Waals surface area contributed by atoms with Gasteiger partial charge in [0.2, 0.25) is 5.41 Å². The van der Waals surface area contributed by atoms with Crippen molar-refractivity contribution >= 4 is 46.4 Å². The Labute approximate surface area is 508 Å². The molecule has 446 valence electrons. The number of hydrogen-bond acceptors (Lipinski definition) is 6. The van der Waals surface area contributed by atoms with Gasteiger partial charge < -0.3 is 10.2 Å². The van der Waals surface area contributed by atoms with Crippen molar-refractivity contribution in [3.63, 3.8) is 0 Å². The first kappa shape index (κ1) is 60.1. The summed E-state index contributed by atoms with van der Waals surface area (Å²) in [7, 11) is 5.82. The number of rotatable bonds is 14. The molecule has 0 saturated carbocycles. The Bertz CT molecular complexity index is 4250. The molecule has 0 fully saturated rings. The smallest absolute Gasteiger partial charge is 0.388 e. The van der Waals surface area contributed by atoms with Crippen LogP contribution in [0.3, 0.4) is 0 Å². The van der Waals surface area contributed by atoms with Crippen LogP contribution in [0.4, 0.5) is 49.1 Å². The molecule has 9 aromatic rings. The van der Waals surface area contributed by atoms with Crippen LogP contribution in [-0.4, -0.2) is 57.1 Å². The quantitative estimate of drug-likeness (QED) is 0.0663. The summed E-state index contributed by atoms with van der Waals surface area (Å²) in [5.74, 6) is -4.16. The van der Waals surface area contributed by atoms with E-state index >= 15 is 26.3 Å². The average molecular weight is 1190 g/mol. The Hall–Kier alpha value is -9.56. The van der Waals surface area contributed by atoms with Gasteiger partial charge in [-0.05, 0) is 154 Å². The van der Waals surface area contributed by atoms with E-state index in [9.17, 15) is 19.2 Å². The van der Waals surface area contributed by atoms with E-state index < -0.39 is 85.6 Å². The van der Waals surface area contributed by atoms with Crippen LogP contribution >= 0.6 is 0 Å². The van der Waals surface area contributed by atoms with Gasteiger partial charge in [-0.25, -0.2) is 9.80 Å². The van der Waals surface area contributed by atoms with Crippen LogP contribution in [0.5, 0.6) is 0 Å². The van der Waals surface area contributed by atoms with E-state index in [1.165, 1.54) is 12.1 Å². The van der Waals surface area contributed by atoms with E-state index in [1.807, 2.05) is 139 Å². The summed E-state index contributed by atoms with van der Waals surface area (Å²) < 4.78 is 96.0. The molecule has 0 aromatic heterocycles. The fraction of sp³-hybridized carbons (Fsp3) is 0.216. The normalized spacial score (nSPS) is 14.5. The maximum absolute atomic E-state index is 16.0. The van der Waals surface area contributed by atoms with E-state index in [-0.39, 0.29) is 16.8 Å². The topological polar surface area (TPSA) is 90.0 Å². The fourth-order valence-corrected chi connectivity index (χ4v) is 13.2. The maximum Gasteiger partial charge on any atom is 0.411 e.